The van der Waals surface area contributed by atoms with Crippen molar-refractivity contribution in [1.82, 2.24) is 15.0 Å². The first-order chi connectivity index (χ1) is 15.9. The van der Waals surface area contributed by atoms with E-state index < -0.39 is 30.9 Å². The predicted octanol–water partition coefficient (Wildman–Crippen LogP) is 5.66. The highest BCUT2D eigenvalue weighted by Gasteiger charge is 2.31. The number of ether oxygens (including phenoxy) is 2. The molecule has 0 aliphatic carbocycles. The van der Waals surface area contributed by atoms with Gasteiger partial charge in [-0.05, 0) is 42.0 Å². The van der Waals surface area contributed by atoms with Crippen molar-refractivity contribution in [2.45, 2.75) is 12.5 Å². The first-order valence-electron chi connectivity index (χ1n) is 9.08. The van der Waals surface area contributed by atoms with Crippen molar-refractivity contribution in [3.05, 3.63) is 58.6 Å². The van der Waals surface area contributed by atoms with Gasteiger partial charge in [0.2, 0.25) is 5.95 Å². The van der Waals surface area contributed by atoms with Gasteiger partial charge in [0.05, 0.1) is 6.21 Å². The Bertz CT molecular complexity index is 1120. The summed E-state index contributed by atoms with van der Waals surface area (Å²) >= 11 is 3.29. The Kier molecular flexibility index (Phi) is 7.75. The summed E-state index contributed by atoms with van der Waals surface area (Å²) in [5.74, 6) is -0.967. The molecular formula is C19H13BrF6N6O2. The fourth-order valence-corrected chi connectivity index (χ4v) is 2.52. The summed E-state index contributed by atoms with van der Waals surface area (Å²) in [6.45, 7) is -1.65. The summed E-state index contributed by atoms with van der Waals surface area (Å²) in [5.41, 5.74) is 3.38. The van der Waals surface area contributed by atoms with Crippen LogP contribution in [-0.4, -0.2) is 40.3 Å². The van der Waals surface area contributed by atoms with Gasteiger partial charge in [-0.3, -0.25) is 0 Å². The maximum Gasteiger partial charge on any atom is 0.573 e. The monoisotopic (exact) mass is 550 g/mol. The smallest absolute Gasteiger partial charge is 0.454 e. The molecule has 0 atom stereocenters. The molecular weight excluding hydrogens is 538 g/mol. The van der Waals surface area contributed by atoms with Crippen molar-refractivity contribution in [3.8, 4) is 11.8 Å². The Morgan fingerprint density at radius 2 is 1.53 bits per heavy atom. The van der Waals surface area contributed by atoms with E-state index in [4.69, 9.17) is 0 Å². The summed E-state index contributed by atoms with van der Waals surface area (Å²) in [7, 11) is 0. The highest BCUT2D eigenvalue weighted by molar-refractivity contribution is 9.10. The van der Waals surface area contributed by atoms with Gasteiger partial charge in [0.25, 0.3) is 5.95 Å². The zero-order chi connectivity index (χ0) is 24.8. The normalized spacial score (nSPS) is 12.0. The van der Waals surface area contributed by atoms with Crippen LogP contribution in [0.4, 0.5) is 43.9 Å². The molecule has 0 fully saturated rings. The van der Waals surface area contributed by atoms with Crippen LogP contribution in [0.3, 0.4) is 0 Å². The van der Waals surface area contributed by atoms with Crippen LogP contribution in [0, 0.1) is 0 Å². The second-order valence-electron chi connectivity index (χ2n) is 6.29. The van der Waals surface area contributed by atoms with E-state index in [2.05, 4.69) is 56.2 Å². The molecule has 8 nitrogen and oxygen atoms in total. The molecule has 0 bridgehead atoms. The van der Waals surface area contributed by atoms with E-state index in [1.807, 2.05) is 0 Å². The van der Waals surface area contributed by atoms with Crippen LogP contribution in [0.15, 0.2) is 58.1 Å². The molecule has 2 aromatic carbocycles. The molecule has 1 aromatic heterocycles. The number of hydrogen-bond acceptors (Lipinski definition) is 8. The minimum absolute atomic E-state index is 0.215. The minimum atomic E-state index is -4.86. The summed E-state index contributed by atoms with van der Waals surface area (Å²) < 4.78 is 83.6. The van der Waals surface area contributed by atoms with Gasteiger partial charge in [0.15, 0.2) is 6.61 Å². The summed E-state index contributed by atoms with van der Waals surface area (Å²) in [4.78, 5) is 11.4. The molecule has 180 valence electrons. The quantitative estimate of drug-likeness (QED) is 0.212. The van der Waals surface area contributed by atoms with Gasteiger partial charge in [-0.1, -0.05) is 28.1 Å². The van der Waals surface area contributed by atoms with E-state index in [-0.39, 0.29) is 17.6 Å². The largest absolute Gasteiger partial charge is 0.573 e. The average molecular weight is 551 g/mol. The van der Waals surface area contributed by atoms with Gasteiger partial charge >= 0.3 is 18.5 Å². The first-order valence-corrected chi connectivity index (χ1v) is 9.88. The lowest BCUT2D eigenvalue weighted by molar-refractivity contribution is -0.274. The Morgan fingerprint density at radius 1 is 0.882 bits per heavy atom. The van der Waals surface area contributed by atoms with E-state index in [9.17, 15) is 26.3 Å². The lowest BCUT2D eigenvalue weighted by Gasteiger charge is -2.12. The number of nitrogens with zero attached hydrogens (tertiary/aromatic N) is 4. The van der Waals surface area contributed by atoms with Gasteiger partial charge in [-0.2, -0.15) is 33.2 Å². The van der Waals surface area contributed by atoms with E-state index in [1.54, 1.807) is 24.3 Å². The highest BCUT2D eigenvalue weighted by Crippen LogP contribution is 2.25. The third-order valence-corrected chi connectivity index (χ3v) is 4.10. The van der Waals surface area contributed by atoms with Gasteiger partial charge in [0, 0.05) is 10.2 Å². The fourth-order valence-electron chi connectivity index (χ4n) is 2.26. The van der Waals surface area contributed by atoms with Crippen LogP contribution in [0.2, 0.25) is 0 Å². The van der Waals surface area contributed by atoms with Crippen LogP contribution in [-0.2, 0) is 0 Å². The van der Waals surface area contributed by atoms with Crippen LogP contribution < -0.4 is 20.2 Å². The van der Waals surface area contributed by atoms with Crippen molar-refractivity contribution < 1.29 is 35.8 Å². The number of alkyl halides is 6. The Balaban J connectivity index is 1.77. The maximum absolute atomic E-state index is 12.5. The van der Waals surface area contributed by atoms with E-state index >= 15 is 0 Å². The fraction of sp³-hybridized carbons (Fsp3) is 0.158. The second kappa shape index (κ2) is 10.5. The molecule has 15 heteroatoms. The standard InChI is InChI=1S/C19H13BrF6N6O2/c20-12-3-1-11(2-4-12)9-27-32-16-29-15(30-17(31-16)33-10-18(21,22)23)28-13-5-7-14(8-6-13)34-19(24,25)26/h1-9H,10H2,(H2,28,29,30,31,32)/b27-9+. The number of anilines is 3. The Labute approximate surface area is 196 Å². The molecule has 0 saturated carbocycles. The Morgan fingerprint density at radius 3 is 2.15 bits per heavy atom. The number of halogens is 7. The second-order valence-corrected chi connectivity index (χ2v) is 7.20. The average Bonchev–Trinajstić information content (AvgIpc) is 2.74. The minimum Gasteiger partial charge on any atom is -0.454 e. The van der Waals surface area contributed by atoms with Gasteiger partial charge < -0.3 is 14.8 Å². The van der Waals surface area contributed by atoms with Gasteiger partial charge in [0.1, 0.15) is 5.75 Å². The molecule has 1 heterocycles. The predicted molar refractivity (Wildman–Crippen MR) is 113 cm³/mol. The SMILES string of the molecule is FC(F)(F)COc1nc(N/N=C/c2ccc(Br)cc2)nc(Nc2ccc(OC(F)(F)F)cc2)n1. The molecule has 34 heavy (non-hydrogen) atoms. The molecule has 0 amide bonds. The third-order valence-electron chi connectivity index (χ3n) is 3.57. The maximum atomic E-state index is 12.5. The molecule has 0 aliphatic rings. The highest BCUT2D eigenvalue weighted by atomic mass is 79.9. The van der Waals surface area contributed by atoms with Gasteiger partial charge in [-0.15, -0.1) is 13.2 Å². The molecule has 3 rings (SSSR count). The van der Waals surface area contributed by atoms with E-state index in [0.717, 1.165) is 16.6 Å². The molecule has 0 unspecified atom stereocenters. The lowest BCUT2D eigenvalue weighted by Crippen LogP contribution is -2.20. The number of nitrogens with one attached hydrogen (secondary N) is 2. The molecule has 0 spiro atoms. The number of rotatable bonds is 8. The topological polar surface area (TPSA) is 93.5 Å². The molecule has 3 aromatic rings. The number of benzene rings is 2. The number of hydrazone groups is 1. The van der Waals surface area contributed by atoms with E-state index in [1.165, 1.54) is 18.3 Å². The van der Waals surface area contributed by atoms with Crippen LogP contribution >= 0.6 is 15.9 Å². The number of hydrogen-bond donors (Lipinski definition) is 2. The molecule has 0 aliphatic heterocycles. The summed E-state index contributed by atoms with van der Waals surface area (Å²) in [6.07, 6.45) is -8.08. The van der Waals surface area contributed by atoms with Crippen molar-refractivity contribution in [3.63, 3.8) is 0 Å². The van der Waals surface area contributed by atoms with Crippen LogP contribution in [0.5, 0.6) is 11.8 Å². The zero-order valence-corrected chi connectivity index (χ0v) is 18.2. The summed E-state index contributed by atoms with van der Waals surface area (Å²) in [6, 6.07) is 10.9. The lowest BCUT2D eigenvalue weighted by atomic mass is 10.2. The first kappa shape index (κ1) is 25.0. The van der Waals surface area contributed by atoms with Crippen molar-refractivity contribution in [2.75, 3.05) is 17.3 Å². The van der Waals surface area contributed by atoms with E-state index in [0.29, 0.717) is 5.56 Å². The zero-order valence-electron chi connectivity index (χ0n) is 16.7. The third kappa shape index (κ3) is 8.73. The van der Waals surface area contributed by atoms with Crippen molar-refractivity contribution in [2.24, 2.45) is 5.10 Å². The van der Waals surface area contributed by atoms with Crippen LogP contribution in [0.1, 0.15) is 5.56 Å². The Hall–Kier alpha value is -3.62. The molecule has 0 radical (unpaired) electrons. The van der Waals surface area contributed by atoms with Crippen molar-refractivity contribution in [1.29, 1.82) is 0 Å². The van der Waals surface area contributed by atoms with Gasteiger partial charge in [-0.25, -0.2) is 5.43 Å². The molecule has 2 N–H and O–H groups in total. The molecule has 0 saturated heterocycles. The number of aromatic nitrogens is 3. The van der Waals surface area contributed by atoms with Crippen molar-refractivity contribution >= 4 is 39.7 Å². The van der Waals surface area contributed by atoms with Crippen LogP contribution in [0.25, 0.3) is 0 Å². The summed E-state index contributed by atoms with van der Waals surface area (Å²) in [5, 5.41) is 6.54.